The SMILES string of the molecule is C[C@@H]1CC=CC[C@@H]1COC(=O)C(=O)OC[C@@H]1CCC=C[C@@H]1C. The molecule has 2 rings (SSSR count). The van der Waals surface area contributed by atoms with E-state index < -0.39 is 11.9 Å². The molecule has 22 heavy (non-hydrogen) atoms. The highest BCUT2D eigenvalue weighted by atomic mass is 16.6. The molecule has 4 heteroatoms. The van der Waals surface area contributed by atoms with Crippen molar-refractivity contribution >= 4 is 11.9 Å². The third-order valence-electron chi connectivity index (χ3n) is 4.83. The van der Waals surface area contributed by atoms with E-state index in [9.17, 15) is 9.59 Å². The highest BCUT2D eigenvalue weighted by Crippen LogP contribution is 2.26. The van der Waals surface area contributed by atoms with Crippen LogP contribution in [0.3, 0.4) is 0 Å². The van der Waals surface area contributed by atoms with E-state index in [4.69, 9.17) is 9.47 Å². The van der Waals surface area contributed by atoms with Crippen molar-refractivity contribution in [3.05, 3.63) is 24.3 Å². The number of carbonyl (C=O) groups is 2. The summed E-state index contributed by atoms with van der Waals surface area (Å²) in [5, 5.41) is 0. The molecular formula is C18H26O4. The van der Waals surface area contributed by atoms with Crippen LogP contribution in [0.2, 0.25) is 0 Å². The van der Waals surface area contributed by atoms with Crippen molar-refractivity contribution in [3.8, 4) is 0 Å². The molecule has 0 fully saturated rings. The van der Waals surface area contributed by atoms with Gasteiger partial charge >= 0.3 is 11.9 Å². The molecule has 0 radical (unpaired) electrons. The summed E-state index contributed by atoms with van der Waals surface area (Å²) in [5.74, 6) is -0.270. The lowest BCUT2D eigenvalue weighted by Crippen LogP contribution is -2.28. The Bertz CT molecular complexity index is 436. The van der Waals surface area contributed by atoms with Crippen LogP contribution in [-0.2, 0) is 19.1 Å². The minimum Gasteiger partial charge on any atom is -0.457 e. The van der Waals surface area contributed by atoms with Crippen LogP contribution in [0, 0.1) is 23.7 Å². The monoisotopic (exact) mass is 306 g/mol. The van der Waals surface area contributed by atoms with Gasteiger partial charge in [-0.05, 0) is 49.4 Å². The molecular weight excluding hydrogens is 280 g/mol. The van der Waals surface area contributed by atoms with E-state index in [0.29, 0.717) is 36.9 Å². The molecule has 0 aromatic rings. The van der Waals surface area contributed by atoms with Gasteiger partial charge in [0.25, 0.3) is 0 Å². The number of hydrogen-bond donors (Lipinski definition) is 0. The Balaban J connectivity index is 1.69. The van der Waals surface area contributed by atoms with Crippen molar-refractivity contribution in [1.29, 1.82) is 0 Å². The third kappa shape index (κ3) is 4.72. The largest absolute Gasteiger partial charge is 0.457 e. The second-order valence-electron chi connectivity index (χ2n) is 6.50. The molecule has 0 aliphatic heterocycles. The summed E-state index contributed by atoms with van der Waals surface area (Å²) in [4.78, 5) is 23.4. The molecule has 0 saturated carbocycles. The van der Waals surface area contributed by atoms with Gasteiger partial charge in [0.1, 0.15) is 0 Å². The molecule has 4 nitrogen and oxygen atoms in total. The molecule has 0 aromatic heterocycles. The van der Waals surface area contributed by atoms with E-state index in [1.165, 1.54) is 0 Å². The van der Waals surface area contributed by atoms with Crippen LogP contribution in [0.1, 0.15) is 39.5 Å². The summed E-state index contributed by atoms with van der Waals surface area (Å²) < 4.78 is 10.2. The van der Waals surface area contributed by atoms with Crippen LogP contribution in [-0.4, -0.2) is 25.2 Å². The Morgan fingerprint density at radius 1 is 0.955 bits per heavy atom. The lowest BCUT2D eigenvalue weighted by molar-refractivity contribution is -0.169. The van der Waals surface area contributed by atoms with Gasteiger partial charge in [-0.15, -0.1) is 0 Å². The predicted molar refractivity (Wildman–Crippen MR) is 84.0 cm³/mol. The van der Waals surface area contributed by atoms with Crippen LogP contribution in [0.5, 0.6) is 0 Å². The zero-order valence-corrected chi connectivity index (χ0v) is 13.5. The molecule has 4 atom stereocenters. The number of carbonyl (C=O) groups excluding carboxylic acids is 2. The molecule has 0 N–H and O–H groups in total. The molecule has 0 unspecified atom stereocenters. The van der Waals surface area contributed by atoms with E-state index in [1.807, 2.05) is 0 Å². The topological polar surface area (TPSA) is 52.6 Å². The average Bonchev–Trinajstić information content (AvgIpc) is 2.52. The zero-order chi connectivity index (χ0) is 15.9. The van der Waals surface area contributed by atoms with Crippen LogP contribution in [0.25, 0.3) is 0 Å². The first-order valence-corrected chi connectivity index (χ1v) is 8.23. The maximum atomic E-state index is 11.7. The Morgan fingerprint density at radius 3 is 2.23 bits per heavy atom. The number of allylic oxidation sites excluding steroid dienone is 4. The Kier molecular flexibility index (Phi) is 6.22. The molecule has 0 spiro atoms. The van der Waals surface area contributed by atoms with Gasteiger partial charge in [-0.25, -0.2) is 9.59 Å². The standard InChI is InChI=1S/C18H26O4/c1-13-7-3-5-9-15(13)11-21-17(19)18(20)22-12-16-10-6-4-8-14(16)2/h3-5,8,13-16H,6-7,9-12H2,1-2H3/t13-,14+,15-,16+/m1/s1. The van der Waals surface area contributed by atoms with Crippen molar-refractivity contribution in [3.63, 3.8) is 0 Å². The summed E-state index contributed by atoms with van der Waals surface area (Å²) in [7, 11) is 0. The van der Waals surface area contributed by atoms with Gasteiger partial charge in [-0.2, -0.15) is 0 Å². The first kappa shape index (κ1) is 16.8. The first-order valence-electron chi connectivity index (χ1n) is 8.23. The smallest absolute Gasteiger partial charge is 0.417 e. The van der Waals surface area contributed by atoms with E-state index in [0.717, 1.165) is 25.7 Å². The van der Waals surface area contributed by atoms with Crippen LogP contribution in [0.15, 0.2) is 24.3 Å². The van der Waals surface area contributed by atoms with Gasteiger partial charge < -0.3 is 9.47 Å². The normalized spacial score (nSPS) is 30.8. The Labute approximate surface area is 132 Å². The fourth-order valence-electron chi connectivity index (χ4n) is 3.00. The highest BCUT2D eigenvalue weighted by molar-refractivity contribution is 6.29. The molecule has 0 saturated heterocycles. The fraction of sp³-hybridized carbons (Fsp3) is 0.667. The van der Waals surface area contributed by atoms with Gasteiger partial charge in [0.2, 0.25) is 0 Å². The van der Waals surface area contributed by atoms with Crippen molar-refractivity contribution in [1.82, 2.24) is 0 Å². The van der Waals surface area contributed by atoms with Gasteiger partial charge in [-0.1, -0.05) is 38.2 Å². The summed E-state index contributed by atoms with van der Waals surface area (Å²) in [5.41, 5.74) is 0. The van der Waals surface area contributed by atoms with Crippen LogP contribution >= 0.6 is 0 Å². The quantitative estimate of drug-likeness (QED) is 0.454. The number of ether oxygens (including phenoxy) is 2. The fourth-order valence-corrected chi connectivity index (χ4v) is 3.00. The Morgan fingerprint density at radius 2 is 1.59 bits per heavy atom. The van der Waals surface area contributed by atoms with Crippen LogP contribution < -0.4 is 0 Å². The second kappa shape index (κ2) is 8.16. The van der Waals surface area contributed by atoms with Crippen molar-refractivity contribution in [2.45, 2.75) is 39.5 Å². The van der Waals surface area contributed by atoms with E-state index in [2.05, 4.69) is 38.2 Å². The van der Waals surface area contributed by atoms with Crippen molar-refractivity contribution in [2.24, 2.45) is 23.7 Å². The molecule has 0 amide bonds. The number of esters is 2. The summed E-state index contributed by atoms with van der Waals surface area (Å²) in [6, 6.07) is 0. The van der Waals surface area contributed by atoms with Gasteiger partial charge in [0, 0.05) is 0 Å². The zero-order valence-electron chi connectivity index (χ0n) is 13.5. The summed E-state index contributed by atoms with van der Waals surface area (Å²) in [6.07, 6.45) is 12.4. The molecule has 122 valence electrons. The maximum absolute atomic E-state index is 11.7. The molecule has 0 aromatic carbocycles. The van der Waals surface area contributed by atoms with Crippen molar-refractivity contribution in [2.75, 3.05) is 13.2 Å². The van der Waals surface area contributed by atoms with Crippen molar-refractivity contribution < 1.29 is 19.1 Å². The van der Waals surface area contributed by atoms with Gasteiger partial charge in [-0.3, -0.25) is 0 Å². The van der Waals surface area contributed by atoms with E-state index >= 15 is 0 Å². The van der Waals surface area contributed by atoms with Gasteiger partial charge in [0.05, 0.1) is 13.2 Å². The number of hydrogen-bond acceptors (Lipinski definition) is 4. The minimum atomic E-state index is -0.860. The van der Waals surface area contributed by atoms with E-state index in [-0.39, 0.29) is 0 Å². The van der Waals surface area contributed by atoms with Gasteiger partial charge in [0.15, 0.2) is 0 Å². The molecule has 2 aliphatic carbocycles. The number of rotatable bonds is 4. The maximum Gasteiger partial charge on any atom is 0.417 e. The molecule has 2 aliphatic rings. The lowest BCUT2D eigenvalue weighted by atomic mass is 9.85. The highest BCUT2D eigenvalue weighted by Gasteiger charge is 2.25. The third-order valence-corrected chi connectivity index (χ3v) is 4.83. The second-order valence-corrected chi connectivity index (χ2v) is 6.50. The molecule has 0 heterocycles. The first-order chi connectivity index (χ1) is 10.6. The lowest BCUT2D eigenvalue weighted by Gasteiger charge is -2.25. The predicted octanol–water partition coefficient (Wildman–Crippen LogP) is 3.28. The van der Waals surface area contributed by atoms with E-state index in [1.54, 1.807) is 0 Å². The summed E-state index contributed by atoms with van der Waals surface area (Å²) >= 11 is 0. The average molecular weight is 306 g/mol. The minimum absolute atomic E-state index is 0.294. The Hall–Kier alpha value is -1.58. The molecule has 0 bridgehead atoms. The van der Waals surface area contributed by atoms with Crippen LogP contribution in [0.4, 0.5) is 0 Å². The summed E-state index contributed by atoms with van der Waals surface area (Å²) in [6.45, 7) is 4.83.